The molecule has 0 radical (unpaired) electrons. The minimum atomic E-state index is -3.37. The Morgan fingerprint density at radius 1 is 1.20 bits per heavy atom. The van der Waals surface area contributed by atoms with Gasteiger partial charge >= 0.3 is 0 Å². The molecule has 2 heterocycles. The number of likely N-dealkylation sites (tertiary alicyclic amines) is 1. The van der Waals surface area contributed by atoms with Gasteiger partial charge in [-0.1, -0.05) is 18.0 Å². The van der Waals surface area contributed by atoms with Gasteiger partial charge in [-0.25, -0.2) is 13.1 Å². The van der Waals surface area contributed by atoms with E-state index in [-0.39, 0.29) is 0 Å². The molecule has 0 aliphatic carbocycles. The first-order valence-electron chi connectivity index (χ1n) is 7.05. The van der Waals surface area contributed by atoms with Crippen LogP contribution in [-0.2, 0) is 10.0 Å². The zero-order valence-corrected chi connectivity index (χ0v) is 13.9. The largest absolute Gasteiger partial charge is 0.303 e. The lowest BCUT2D eigenvalue weighted by Crippen LogP contribution is -2.31. The molecule has 0 atom stereocenters. The molecule has 0 aromatic carbocycles. The van der Waals surface area contributed by atoms with Gasteiger partial charge in [0.15, 0.2) is 0 Å². The lowest BCUT2D eigenvalue weighted by atomic mass is 10.1. The summed E-state index contributed by atoms with van der Waals surface area (Å²) in [6.45, 7) is 3.96. The molecule has 7 heteroatoms. The maximum atomic E-state index is 11.9. The Morgan fingerprint density at radius 2 is 1.95 bits per heavy atom. The fourth-order valence-electron chi connectivity index (χ4n) is 2.36. The van der Waals surface area contributed by atoms with Gasteiger partial charge in [-0.2, -0.15) is 0 Å². The van der Waals surface area contributed by atoms with E-state index in [0.717, 1.165) is 30.7 Å². The molecule has 0 spiro atoms. The molecule has 1 aromatic heterocycles. The Balaban J connectivity index is 1.65. The van der Waals surface area contributed by atoms with Gasteiger partial charge in [-0.05, 0) is 57.5 Å². The Labute approximate surface area is 130 Å². The van der Waals surface area contributed by atoms with Crippen molar-refractivity contribution in [1.82, 2.24) is 9.62 Å². The summed E-state index contributed by atoms with van der Waals surface area (Å²) in [4.78, 5) is 2.47. The highest BCUT2D eigenvalue weighted by molar-refractivity contribution is 7.91. The highest BCUT2D eigenvalue weighted by Gasteiger charge is 2.15. The van der Waals surface area contributed by atoms with Gasteiger partial charge < -0.3 is 4.90 Å². The van der Waals surface area contributed by atoms with Crippen LogP contribution in [0.1, 0.15) is 32.1 Å². The summed E-state index contributed by atoms with van der Waals surface area (Å²) >= 11 is 6.84. The second-order valence-corrected chi connectivity index (χ2v) is 8.77. The third-order valence-corrected chi connectivity index (χ3v) is 6.64. The molecule has 1 fully saturated rings. The first-order valence-corrected chi connectivity index (χ1v) is 9.73. The van der Waals surface area contributed by atoms with Crippen molar-refractivity contribution < 1.29 is 8.42 Å². The van der Waals surface area contributed by atoms with E-state index >= 15 is 0 Å². The summed E-state index contributed by atoms with van der Waals surface area (Å²) < 4.78 is 27.3. The number of hydrogen-bond donors (Lipinski definition) is 1. The van der Waals surface area contributed by atoms with Crippen molar-refractivity contribution in [3.05, 3.63) is 16.5 Å². The van der Waals surface area contributed by atoms with Crippen molar-refractivity contribution in [2.75, 3.05) is 26.2 Å². The minimum absolute atomic E-state index is 0.290. The summed E-state index contributed by atoms with van der Waals surface area (Å²) in [6.07, 6.45) is 5.85. The summed E-state index contributed by atoms with van der Waals surface area (Å²) in [6, 6.07) is 3.15. The number of piperidine rings is 1. The molecular weight excluding hydrogens is 316 g/mol. The van der Waals surface area contributed by atoms with Crippen LogP contribution in [0.5, 0.6) is 0 Å². The van der Waals surface area contributed by atoms with Gasteiger partial charge in [-0.15, -0.1) is 11.3 Å². The van der Waals surface area contributed by atoms with Crippen molar-refractivity contribution in [2.24, 2.45) is 0 Å². The van der Waals surface area contributed by atoms with Crippen molar-refractivity contribution in [2.45, 2.75) is 36.3 Å². The number of hydrogen-bond acceptors (Lipinski definition) is 4. The van der Waals surface area contributed by atoms with Gasteiger partial charge in [-0.3, -0.25) is 0 Å². The zero-order valence-electron chi connectivity index (χ0n) is 11.5. The Morgan fingerprint density at radius 3 is 2.60 bits per heavy atom. The lowest BCUT2D eigenvalue weighted by molar-refractivity contribution is 0.225. The number of rotatable bonds is 7. The lowest BCUT2D eigenvalue weighted by Gasteiger charge is -2.26. The van der Waals surface area contributed by atoms with E-state index in [1.807, 2.05) is 0 Å². The maximum Gasteiger partial charge on any atom is 0.250 e. The number of thiophene rings is 1. The third-order valence-electron chi connectivity index (χ3n) is 3.46. The maximum absolute atomic E-state index is 11.9. The molecule has 0 saturated carbocycles. The second-order valence-electron chi connectivity index (χ2n) is 5.07. The molecule has 0 unspecified atom stereocenters. The van der Waals surface area contributed by atoms with Gasteiger partial charge in [0.1, 0.15) is 4.21 Å². The monoisotopic (exact) mass is 336 g/mol. The van der Waals surface area contributed by atoms with Crippen molar-refractivity contribution in [3.63, 3.8) is 0 Å². The van der Waals surface area contributed by atoms with E-state index in [4.69, 9.17) is 11.6 Å². The van der Waals surface area contributed by atoms with E-state index in [2.05, 4.69) is 9.62 Å². The molecule has 2 rings (SSSR count). The molecule has 1 aromatic rings. The molecule has 114 valence electrons. The topological polar surface area (TPSA) is 49.4 Å². The zero-order chi connectivity index (χ0) is 14.4. The Bertz CT molecular complexity index is 510. The SMILES string of the molecule is O=S(=O)(NCCCCN1CCCCC1)c1ccc(Cl)s1. The van der Waals surface area contributed by atoms with Crippen LogP contribution in [0.2, 0.25) is 4.34 Å². The predicted molar refractivity (Wildman–Crippen MR) is 84.0 cm³/mol. The number of nitrogens with one attached hydrogen (secondary N) is 1. The summed E-state index contributed by atoms with van der Waals surface area (Å²) in [5.74, 6) is 0. The number of halogens is 1. The van der Waals surface area contributed by atoms with E-state index in [9.17, 15) is 8.42 Å². The highest BCUT2D eigenvalue weighted by atomic mass is 35.5. The number of sulfonamides is 1. The van der Waals surface area contributed by atoms with E-state index in [1.54, 1.807) is 12.1 Å². The molecule has 1 aliphatic rings. The molecule has 1 aliphatic heterocycles. The molecule has 1 N–H and O–H groups in total. The van der Waals surface area contributed by atoms with Gasteiger partial charge in [0.25, 0.3) is 0 Å². The molecule has 4 nitrogen and oxygen atoms in total. The first-order chi connectivity index (χ1) is 9.58. The van der Waals surface area contributed by atoms with E-state index < -0.39 is 10.0 Å². The minimum Gasteiger partial charge on any atom is -0.303 e. The molecule has 0 amide bonds. The summed E-state index contributed by atoms with van der Waals surface area (Å²) in [5, 5.41) is 0. The highest BCUT2D eigenvalue weighted by Crippen LogP contribution is 2.25. The van der Waals surface area contributed by atoms with Crippen LogP contribution >= 0.6 is 22.9 Å². The van der Waals surface area contributed by atoms with E-state index in [0.29, 0.717) is 15.1 Å². The van der Waals surface area contributed by atoms with Gasteiger partial charge in [0, 0.05) is 6.54 Å². The summed E-state index contributed by atoms with van der Waals surface area (Å²) in [5.41, 5.74) is 0. The van der Waals surface area contributed by atoms with E-state index in [1.165, 1.54) is 32.4 Å². The quantitative estimate of drug-likeness (QED) is 0.779. The standard InChI is InChI=1S/C13H21ClN2O2S2/c14-12-6-7-13(19-12)20(17,18)15-8-2-5-11-16-9-3-1-4-10-16/h6-7,15H,1-5,8-11H2. The molecular formula is C13H21ClN2O2S2. The van der Waals surface area contributed by atoms with Crippen molar-refractivity contribution in [1.29, 1.82) is 0 Å². The fourth-order valence-corrected chi connectivity index (χ4v) is 4.96. The van der Waals surface area contributed by atoms with Crippen molar-refractivity contribution >= 4 is 33.0 Å². The number of nitrogens with zero attached hydrogens (tertiary/aromatic N) is 1. The Kier molecular flexibility index (Phi) is 6.29. The molecule has 20 heavy (non-hydrogen) atoms. The normalized spacial score (nSPS) is 17.4. The van der Waals surface area contributed by atoms with Crippen LogP contribution in [0.15, 0.2) is 16.3 Å². The van der Waals surface area contributed by atoms with Crippen LogP contribution < -0.4 is 4.72 Å². The average Bonchev–Trinajstić information content (AvgIpc) is 2.87. The average molecular weight is 337 g/mol. The fraction of sp³-hybridized carbons (Fsp3) is 0.692. The smallest absolute Gasteiger partial charge is 0.250 e. The first kappa shape index (κ1) is 16.2. The van der Waals surface area contributed by atoms with Crippen LogP contribution in [0.25, 0.3) is 0 Å². The van der Waals surface area contributed by atoms with Crippen LogP contribution in [-0.4, -0.2) is 39.5 Å². The van der Waals surface area contributed by atoms with Crippen LogP contribution in [0, 0.1) is 0 Å². The predicted octanol–water partition coefficient (Wildman–Crippen LogP) is 2.95. The molecule has 0 bridgehead atoms. The number of unbranched alkanes of at least 4 members (excludes halogenated alkanes) is 1. The van der Waals surface area contributed by atoms with Crippen LogP contribution in [0.4, 0.5) is 0 Å². The van der Waals surface area contributed by atoms with Gasteiger partial charge in [0.2, 0.25) is 10.0 Å². The second kappa shape index (κ2) is 7.75. The molecule has 1 saturated heterocycles. The van der Waals surface area contributed by atoms with Crippen LogP contribution in [0.3, 0.4) is 0 Å². The van der Waals surface area contributed by atoms with Gasteiger partial charge in [0.05, 0.1) is 4.34 Å². The summed E-state index contributed by atoms with van der Waals surface area (Å²) in [7, 11) is -3.37. The Hall–Kier alpha value is -0.140. The van der Waals surface area contributed by atoms with Crippen molar-refractivity contribution in [3.8, 4) is 0 Å². The third kappa shape index (κ3) is 5.00.